The first-order valence-corrected chi connectivity index (χ1v) is 12.1. The number of hydrogen-bond acceptors (Lipinski definition) is 4. The second-order valence-electron chi connectivity index (χ2n) is 7.64. The molecule has 30 heavy (non-hydrogen) atoms. The van der Waals surface area contributed by atoms with E-state index in [9.17, 15) is 9.59 Å². The van der Waals surface area contributed by atoms with Gasteiger partial charge >= 0.3 is 11.9 Å². The third-order valence-corrected chi connectivity index (χ3v) is 5.71. The van der Waals surface area contributed by atoms with Gasteiger partial charge in [-0.2, -0.15) is 0 Å². The van der Waals surface area contributed by atoms with Crippen LogP contribution in [0.1, 0.15) is 96.8 Å². The monoisotopic (exact) mass is 458 g/mol. The highest BCUT2D eigenvalue weighted by Crippen LogP contribution is 2.31. The molecule has 0 atom stereocenters. The molecule has 4 nitrogen and oxygen atoms in total. The Balaban J connectivity index is 1.92. The summed E-state index contributed by atoms with van der Waals surface area (Å²) in [6, 6.07) is 4.97. The largest absolute Gasteiger partial charge is 0.466 e. The molecule has 0 N–H and O–H groups in total. The van der Waals surface area contributed by atoms with E-state index in [1.54, 1.807) is 18.2 Å². The molecule has 0 aliphatic carbocycles. The molecule has 0 bridgehead atoms. The Morgan fingerprint density at radius 1 is 0.767 bits per heavy atom. The third kappa shape index (κ3) is 13.1. The van der Waals surface area contributed by atoms with Gasteiger partial charge in [0.05, 0.1) is 11.6 Å². The minimum atomic E-state index is -0.299. The normalized spacial score (nSPS) is 10.8. The molecule has 0 amide bonds. The van der Waals surface area contributed by atoms with Crippen LogP contribution in [0.15, 0.2) is 18.2 Å². The molecule has 0 saturated carbocycles. The van der Waals surface area contributed by atoms with Crippen molar-refractivity contribution in [2.75, 3.05) is 6.61 Å². The molecule has 1 rings (SSSR count). The minimum Gasteiger partial charge on any atom is -0.466 e. The lowest BCUT2D eigenvalue weighted by Gasteiger charge is -2.07. The number of carbonyl (C=O) groups is 2. The van der Waals surface area contributed by atoms with Crippen molar-refractivity contribution in [1.29, 1.82) is 0 Å². The molecule has 6 heteroatoms. The Hall–Kier alpha value is -1.26. The number of unbranched alkanes of at least 4 members (excludes halogenated alkanes) is 10. The molecule has 1 aromatic rings. The number of hydrogen-bond donors (Lipinski definition) is 0. The van der Waals surface area contributed by atoms with Crippen LogP contribution >= 0.6 is 23.2 Å². The molecular formula is C24H36Cl2O4. The van der Waals surface area contributed by atoms with Gasteiger partial charge in [-0.05, 0) is 31.4 Å². The number of carbonyl (C=O) groups excluding carboxylic acids is 2. The predicted octanol–water partition coefficient (Wildman–Crippen LogP) is 7.92. The van der Waals surface area contributed by atoms with Gasteiger partial charge in [-0.15, -0.1) is 0 Å². The first-order valence-electron chi connectivity index (χ1n) is 11.3. The topological polar surface area (TPSA) is 52.6 Å². The van der Waals surface area contributed by atoms with Crippen LogP contribution < -0.4 is 4.74 Å². The first-order chi connectivity index (χ1) is 14.5. The summed E-state index contributed by atoms with van der Waals surface area (Å²) in [7, 11) is 0. The van der Waals surface area contributed by atoms with E-state index in [1.165, 1.54) is 25.7 Å². The zero-order valence-corrected chi connectivity index (χ0v) is 19.7. The molecule has 0 saturated heterocycles. The minimum absolute atomic E-state index is 0.0778. The summed E-state index contributed by atoms with van der Waals surface area (Å²) in [5.74, 6) is -0.0733. The van der Waals surface area contributed by atoms with Crippen LogP contribution in [-0.4, -0.2) is 18.5 Å². The van der Waals surface area contributed by atoms with Gasteiger partial charge in [0.2, 0.25) is 0 Å². The molecule has 0 aromatic heterocycles. The molecule has 0 aliphatic rings. The summed E-state index contributed by atoms with van der Waals surface area (Å²) in [6.45, 7) is 2.76. The van der Waals surface area contributed by atoms with Gasteiger partial charge in [0.15, 0.2) is 5.75 Å². The number of rotatable bonds is 17. The van der Waals surface area contributed by atoms with Gasteiger partial charge in [-0.1, -0.05) is 94.0 Å². The molecule has 0 aliphatic heterocycles. The van der Waals surface area contributed by atoms with Gasteiger partial charge in [0.1, 0.15) is 5.02 Å². The van der Waals surface area contributed by atoms with Crippen molar-refractivity contribution in [3.63, 3.8) is 0 Å². The van der Waals surface area contributed by atoms with Crippen molar-refractivity contribution in [3.8, 4) is 5.75 Å². The highest BCUT2D eigenvalue weighted by Gasteiger charge is 2.10. The van der Waals surface area contributed by atoms with Crippen molar-refractivity contribution < 1.29 is 19.1 Å². The summed E-state index contributed by atoms with van der Waals surface area (Å²) in [6.07, 6.45) is 13.7. The molecule has 170 valence electrons. The average Bonchev–Trinajstić information content (AvgIpc) is 2.72. The zero-order chi connectivity index (χ0) is 22.0. The van der Waals surface area contributed by atoms with Crippen LogP contribution in [0.25, 0.3) is 0 Å². The Labute approximate surface area is 191 Å². The van der Waals surface area contributed by atoms with Crippen LogP contribution in [-0.2, 0) is 14.3 Å². The maximum Gasteiger partial charge on any atom is 0.311 e. The molecule has 0 unspecified atom stereocenters. The van der Waals surface area contributed by atoms with Crippen molar-refractivity contribution in [1.82, 2.24) is 0 Å². The van der Waals surface area contributed by atoms with Crippen molar-refractivity contribution in [2.24, 2.45) is 0 Å². The van der Waals surface area contributed by atoms with E-state index in [-0.39, 0.29) is 17.0 Å². The summed E-state index contributed by atoms with van der Waals surface area (Å²) < 4.78 is 10.5. The Morgan fingerprint density at radius 2 is 1.33 bits per heavy atom. The fourth-order valence-corrected chi connectivity index (χ4v) is 3.45. The van der Waals surface area contributed by atoms with Gasteiger partial charge < -0.3 is 9.47 Å². The highest BCUT2D eigenvalue weighted by molar-refractivity contribution is 6.43. The lowest BCUT2D eigenvalue weighted by Crippen LogP contribution is -2.07. The fraction of sp³-hybridized carbons (Fsp3) is 0.667. The second kappa shape index (κ2) is 17.4. The molecule has 0 heterocycles. The Bertz CT molecular complexity index is 619. The lowest BCUT2D eigenvalue weighted by atomic mass is 10.1. The Morgan fingerprint density at radius 3 is 2.00 bits per heavy atom. The van der Waals surface area contributed by atoms with Gasteiger partial charge in [-0.25, -0.2) is 0 Å². The van der Waals surface area contributed by atoms with Crippen LogP contribution in [0.4, 0.5) is 0 Å². The number of esters is 2. The van der Waals surface area contributed by atoms with Crippen molar-refractivity contribution in [2.45, 2.75) is 96.8 Å². The smallest absolute Gasteiger partial charge is 0.311 e. The molecule has 0 fully saturated rings. The van der Waals surface area contributed by atoms with Crippen LogP contribution in [0.5, 0.6) is 5.75 Å². The molecular weight excluding hydrogens is 423 g/mol. The van der Waals surface area contributed by atoms with Crippen molar-refractivity contribution in [3.05, 3.63) is 28.2 Å². The van der Waals surface area contributed by atoms with E-state index in [4.69, 9.17) is 32.7 Å². The average molecular weight is 459 g/mol. The van der Waals surface area contributed by atoms with Crippen LogP contribution in [0.3, 0.4) is 0 Å². The maximum atomic E-state index is 11.9. The van der Waals surface area contributed by atoms with Gasteiger partial charge in [0, 0.05) is 12.8 Å². The number of benzene rings is 1. The van der Waals surface area contributed by atoms with E-state index in [2.05, 4.69) is 6.92 Å². The summed E-state index contributed by atoms with van der Waals surface area (Å²) >= 11 is 11.9. The van der Waals surface area contributed by atoms with Crippen LogP contribution in [0, 0.1) is 0 Å². The number of halogens is 2. The van der Waals surface area contributed by atoms with E-state index in [0.29, 0.717) is 30.2 Å². The van der Waals surface area contributed by atoms with Crippen LogP contribution in [0.2, 0.25) is 10.0 Å². The molecule has 0 spiro atoms. The van der Waals surface area contributed by atoms with E-state index < -0.39 is 0 Å². The Kier molecular flexibility index (Phi) is 15.6. The maximum absolute atomic E-state index is 11.9. The highest BCUT2D eigenvalue weighted by atomic mass is 35.5. The molecule has 0 radical (unpaired) electrons. The van der Waals surface area contributed by atoms with E-state index >= 15 is 0 Å². The quantitative estimate of drug-likeness (QED) is 0.135. The SMILES string of the molecule is CCCCCCCCOC(=O)CCCCCCCCC(=O)Oc1cccc(Cl)c1Cl. The second-order valence-corrected chi connectivity index (χ2v) is 8.42. The third-order valence-electron chi connectivity index (χ3n) is 4.91. The number of ether oxygens (including phenoxy) is 2. The summed E-state index contributed by atoms with van der Waals surface area (Å²) in [4.78, 5) is 23.6. The van der Waals surface area contributed by atoms with Crippen molar-refractivity contribution >= 4 is 35.1 Å². The summed E-state index contributed by atoms with van der Waals surface area (Å²) in [5.41, 5.74) is 0. The zero-order valence-electron chi connectivity index (χ0n) is 18.2. The lowest BCUT2D eigenvalue weighted by molar-refractivity contribution is -0.144. The fourth-order valence-electron chi connectivity index (χ4n) is 3.12. The summed E-state index contributed by atoms with van der Waals surface area (Å²) in [5, 5.41) is 0.631. The van der Waals surface area contributed by atoms with Gasteiger partial charge in [-0.3, -0.25) is 9.59 Å². The standard InChI is InChI=1S/C24H36Cl2O4/c1-2-3-4-5-10-13-19-29-22(27)17-11-8-6-7-9-12-18-23(28)30-21-16-14-15-20(25)24(21)26/h14-16H,2-13,17-19H2,1H3. The molecule has 1 aromatic carbocycles. The van der Waals surface area contributed by atoms with E-state index in [0.717, 1.165) is 51.4 Å². The predicted molar refractivity (Wildman–Crippen MR) is 123 cm³/mol. The van der Waals surface area contributed by atoms with E-state index in [1.807, 2.05) is 0 Å². The first kappa shape index (κ1) is 26.8. The van der Waals surface area contributed by atoms with Gasteiger partial charge in [0.25, 0.3) is 0 Å².